The first-order valence-corrected chi connectivity index (χ1v) is 19.7. The molecule has 0 heterocycles. The minimum absolute atomic E-state index is 0.0491. The Hall–Kier alpha value is -1.93. The van der Waals surface area contributed by atoms with Crippen LogP contribution in [0.5, 0.6) is 0 Å². The highest BCUT2D eigenvalue weighted by molar-refractivity contribution is 5.72. The third kappa shape index (κ3) is 30.2. The van der Waals surface area contributed by atoms with E-state index in [1.807, 2.05) is 21.1 Å². The smallest absolute Gasteiger partial charge is 0.362 e. The fourth-order valence-electron chi connectivity index (χ4n) is 5.79. The number of carboxylic acid groups (broad SMARTS) is 1. The molecule has 0 saturated carbocycles. The molecule has 0 saturated heterocycles. The Balaban J connectivity index is 4.41. The van der Waals surface area contributed by atoms with Gasteiger partial charge in [-0.15, -0.1) is 0 Å². The molecule has 0 aromatic heterocycles. The van der Waals surface area contributed by atoms with E-state index in [4.69, 9.17) is 14.2 Å². The molecule has 0 bridgehead atoms. The number of esters is 2. The first-order chi connectivity index (χ1) is 23.1. The van der Waals surface area contributed by atoms with Crippen LogP contribution in [0.2, 0.25) is 0 Å². The first kappa shape index (κ1) is 46.1. The number of carbonyl (C=O) groups excluding carboxylic acids is 2. The number of nitrogens with zero attached hydrogens (tertiary/aromatic N) is 1. The Morgan fingerprint density at radius 3 is 1.54 bits per heavy atom. The lowest BCUT2D eigenvalue weighted by atomic mass is 10.0. The summed E-state index contributed by atoms with van der Waals surface area (Å²) in [6.45, 7) is 4.70. The maximum atomic E-state index is 12.6. The van der Waals surface area contributed by atoms with E-state index in [2.05, 4.69) is 26.0 Å². The molecular weight excluding hydrogens is 606 g/mol. The summed E-state index contributed by atoms with van der Waals surface area (Å²) in [6, 6.07) is -0.610. The highest BCUT2D eigenvalue weighted by Gasteiger charge is 2.31. The molecule has 0 amide bonds. The van der Waals surface area contributed by atoms with Crippen molar-refractivity contribution in [1.82, 2.24) is 0 Å². The molecule has 0 aliphatic heterocycles. The molecule has 0 aliphatic carbocycles. The monoisotopic (exact) mass is 683 g/mol. The summed E-state index contributed by atoms with van der Waals surface area (Å²) in [4.78, 5) is 36.8. The van der Waals surface area contributed by atoms with E-state index in [1.165, 1.54) is 89.9 Å². The summed E-state index contributed by atoms with van der Waals surface area (Å²) in [7, 11) is 5.52. The van der Waals surface area contributed by atoms with Gasteiger partial charge in [0.25, 0.3) is 0 Å². The van der Waals surface area contributed by atoms with Gasteiger partial charge in [-0.1, -0.05) is 129 Å². The highest BCUT2D eigenvalue weighted by Crippen LogP contribution is 2.14. The number of unbranched alkanes of at least 4 members (excludes halogenated alkanes) is 19. The molecule has 0 rings (SSSR count). The predicted octanol–water partition coefficient (Wildman–Crippen LogP) is 9.97. The fraction of sp³-hybridized carbons (Fsp3) is 0.875. The zero-order valence-electron chi connectivity index (χ0n) is 32.0. The van der Waals surface area contributed by atoms with Crippen LogP contribution in [0.1, 0.15) is 174 Å². The van der Waals surface area contributed by atoms with Crippen LogP contribution >= 0.6 is 0 Å². The summed E-state index contributed by atoms with van der Waals surface area (Å²) >= 11 is 0. The van der Waals surface area contributed by atoms with Gasteiger partial charge in [0, 0.05) is 19.3 Å². The van der Waals surface area contributed by atoms with Crippen LogP contribution in [0.25, 0.3) is 0 Å². The second-order valence-corrected chi connectivity index (χ2v) is 14.5. The van der Waals surface area contributed by atoms with E-state index in [1.54, 1.807) is 0 Å². The molecule has 1 N–H and O–H groups in total. The topological polar surface area (TPSA) is 99.1 Å². The zero-order valence-corrected chi connectivity index (χ0v) is 32.0. The summed E-state index contributed by atoms with van der Waals surface area (Å²) in [5, 5.41) is 9.58. The van der Waals surface area contributed by atoms with Crippen molar-refractivity contribution in [3.05, 3.63) is 12.2 Å². The summed E-state index contributed by atoms with van der Waals surface area (Å²) in [5.74, 6) is -1.47. The Kier molecular flexibility index (Phi) is 31.0. The molecule has 0 spiro atoms. The standard InChI is InChI=1S/C40H75NO7/c1-6-8-10-12-14-16-18-20-22-24-26-28-30-38(42)47-35-36(34-46-33-32-37(40(44)45)41(3,4)5)48-39(43)31-29-27-25-23-21-19-17-15-13-11-9-7-2/h15,17,36-37H,6-14,16,18-35H2,1-5H3/p+1/b17-15-. The number of aliphatic carboxylic acids is 1. The van der Waals surface area contributed by atoms with Crippen molar-refractivity contribution in [2.45, 2.75) is 187 Å². The molecule has 0 aromatic carbocycles. The van der Waals surface area contributed by atoms with Gasteiger partial charge in [-0.05, 0) is 38.5 Å². The van der Waals surface area contributed by atoms with Crippen LogP contribution in [0.15, 0.2) is 12.2 Å². The van der Waals surface area contributed by atoms with Crippen LogP contribution in [-0.4, -0.2) is 80.6 Å². The van der Waals surface area contributed by atoms with Crippen molar-refractivity contribution in [3.8, 4) is 0 Å². The number of carboxylic acids is 1. The largest absolute Gasteiger partial charge is 0.477 e. The Labute approximate surface area is 295 Å². The van der Waals surface area contributed by atoms with Crippen LogP contribution < -0.4 is 0 Å². The number of ether oxygens (including phenoxy) is 3. The average molecular weight is 683 g/mol. The van der Waals surface area contributed by atoms with Crippen molar-refractivity contribution in [3.63, 3.8) is 0 Å². The van der Waals surface area contributed by atoms with Crippen molar-refractivity contribution < 1.29 is 38.2 Å². The summed E-state index contributed by atoms with van der Waals surface area (Å²) in [5.41, 5.74) is 0. The van der Waals surface area contributed by atoms with E-state index in [0.717, 1.165) is 51.4 Å². The molecule has 0 aromatic rings. The summed E-state index contributed by atoms with van der Waals surface area (Å²) < 4.78 is 17.2. The van der Waals surface area contributed by atoms with E-state index in [0.29, 0.717) is 19.3 Å². The number of hydrogen-bond donors (Lipinski definition) is 1. The van der Waals surface area contributed by atoms with Crippen LogP contribution in [0, 0.1) is 0 Å². The Morgan fingerprint density at radius 2 is 1.04 bits per heavy atom. The van der Waals surface area contributed by atoms with E-state index < -0.39 is 18.1 Å². The first-order valence-electron chi connectivity index (χ1n) is 19.7. The third-order valence-corrected chi connectivity index (χ3v) is 8.91. The second kappa shape index (κ2) is 32.3. The number of rotatable bonds is 35. The lowest BCUT2D eigenvalue weighted by molar-refractivity contribution is -0.887. The minimum atomic E-state index is -0.875. The Morgan fingerprint density at radius 1 is 0.604 bits per heavy atom. The van der Waals surface area contributed by atoms with Gasteiger partial charge in [-0.2, -0.15) is 0 Å². The highest BCUT2D eigenvalue weighted by atomic mass is 16.6. The van der Waals surface area contributed by atoms with E-state index in [9.17, 15) is 19.5 Å². The van der Waals surface area contributed by atoms with Gasteiger partial charge in [0.15, 0.2) is 12.1 Å². The number of allylic oxidation sites excluding steroid dienone is 2. The fourth-order valence-corrected chi connectivity index (χ4v) is 5.79. The maximum Gasteiger partial charge on any atom is 0.362 e. The molecule has 0 aliphatic rings. The van der Waals surface area contributed by atoms with Crippen molar-refractivity contribution in [2.75, 3.05) is 41.0 Å². The maximum absolute atomic E-state index is 12.6. The van der Waals surface area contributed by atoms with Gasteiger partial charge in [-0.3, -0.25) is 9.59 Å². The number of quaternary nitrogens is 1. The number of carbonyl (C=O) groups is 3. The summed E-state index contributed by atoms with van der Waals surface area (Å²) in [6.07, 6.45) is 31.0. The van der Waals surface area contributed by atoms with E-state index >= 15 is 0 Å². The van der Waals surface area contributed by atoms with Gasteiger partial charge in [0.1, 0.15) is 6.61 Å². The number of likely N-dealkylation sites (N-methyl/N-ethyl adjacent to an activating group) is 1. The quantitative estimate of drug-likeness (QED) is 0.0307. The zero-order chi connectivity index (χ0) is 35.7. The molecule has 8 nitrogen and oxygen atoms in total. The lowest BCUT2D eigenvalue weighted by Crippen LogP contribution is -2.50. The lowest BCUT2D eigenvalue weighted by Gasteiger charge is -2.31. The van der Waals surface area contributed by atoms with Crippen LogP contribution in [0.3, 0.4) is 0 Å². The molecule has 8 heteroatoms. The molecule has 48 heavy (non-hydrogen) atoms. The van der Waals surface area contributed by atoms with Crippen molar-refractivity contribution in [1.29, 1.82) is 0 Å². The van der Waals surface area contributed by atoms with Gasteiger partial charge >= 0.3 is 17.9 Å². The normalized spacial score (nSPS) is 13.1. The van der Waals surface area contributed by atoms with Crippen molar-refractivity contribution >= 4 is 17.9 Å². The van der Waals surface area contributed by atoms with Gasteiger partial charge < -0.3 is 23.8 Å². The van der Waals surface area contributed by atoms with Crippen LogP contribution in [0.4, 0.5) is 0 Å². The number of hydrogen-bond acceptors (Lipinski definition) is 6. The van der Waals surface area contributed by atoms with Crippen molar-refractivity contribution in [2.24, 2.45) is 0 Å². The van der Waals surface area contributed by atoms with Gasteiger partial charge in [-0.25, -0.2) is 4.79 Å². The predicted molar refractivity (Wildman–Crippen MR) is 197 cm³/mol. The Bertz CT molecular complexity index is 808. The van der Waals surface area contributed by atoms with E-state index in [-0.39, 0.29) is 36.2 Å². The molecule has 282 valence electrons. The van der Waals surface area contributed by atoms with Gasteiger partial charge in [0.05, 0.1) is 34.4 Å². The third-order valence-electron chi connectivity index (χ3n) is 8.91. The average Bonchev–Trinajstić information content (AvgIpc) is 3.03. The molecular formula is C40H76NO7+. The van der Waals surface area contributed by atoms with Gasteiger partial charge in [0.2, 0.25) is 0 Å². The molecule has 0 fully saturated rings. The second-order valence-electron chi connectivity index (χ2n) is 14.5. The molecule has 0 radical (unpaired) electrons. The SMILES string of the molecule is CCCCC/C=C\CCCCCCCC(=O)OC(COCCC(C(=O)O)[N+](C)(C)C)COC(=O)CCCCCCCCCCCCCC. The van der Waals surface area contributed by atoms with Crippen LogP contribution in [-0.2, 0) is 28.6 Å². The minimum Gasteiger partial charge on any atom is -0.477 e. The molecule has 2 unspecified atom stereocenters. The molecule has 2 atom stereocenters.